The van der Waals surface area contributed by atoms with E-state index >= 15 is 0 Å². The first-order chi connectivity index (χ1) is 7.56. The van der Waals surface area contributed by atoms with Crippen molar-refractivity contribution in [2.45, 2.75) is 25.8 Å². The highest BCUT2D eigenvalue weighted by Gasteiger charge is 2.27. The number of nitrogens with zero attached hydrogens (tertiary/aromatic N) is 1. The molecule has 0 saturated carbocycles. The number of nitrogens with two attached hydrogens (primary N) is 1. The van der Waals surface area contributed by atoms with E-state index in [0.29, 0.717) is 17.9 Å². The van der Waals surface area contributed by atoms with E-state index in [0.717, 1.165) is 5.56 Å². The summed E-state index contributed by atoms with van der Waals surface area (Å²) in [6.07, 6.45) is 2.15. The zero-order chi connectivity index (χ0) is 12.2. The van der Waals surface area contributed by atoms with E-state index in [1.165, 1.54) is 0 Å². The Bertz CT molecular complexity index is 343. The number of anilines is 2. The van der Waals surface area contributed by atoms with Crippen molar-refractivity contribution < 1.29 is 10.2 Å². The third-order valence-electron chi connectivity index (χ3n) is 2.77. The van der Waals surface area contributed by atoms with Gasteiger partial charge in [-0.05, 0) is 25.0 Å². The van der Waals surface area contributed by atoms with E-state index in [-0.39, 0.29) is 13.2 Å². The molecule has 0 atom stereocenters. The first kappa shape index (κ1) is 12.7. The average molecular weight is 225 g/mol. The van der Waals surface area contributed by atoms with E-state index in [1.54, 1.807) is 12.3 Å². The Morgan fingerprint density at radius 1 is 1.44 bits per heavy atom. The number of nitrogen functional groups attached to an aromatic ring is 1. The molecule has 0 radical (unpaired) electrons. The second-order valence-electron chi connectivity index (χ2n) is 4.01. The van der Waals surface area contributed by atoms with E-state index in [2.05, 4.69) is 10.3 Å². The van der Waals surface area contributed by atoms with Crippen LogP contribution >= 0.6 is 0 Å². The van der Waals surface area contributed by atoms with Crippen molar-refractivity contribution in [1.82, 2.24) is 4.98 Å². The van der Waals surface area contributed by atoms with Gasteiger partial charge >= 0.3 is 0 Å². The van der Waals surface area contributed by atoms with Crippen LogP contribution in [0.25, 0.3) is 0 Å². The van der Waals surface area contributed by atoms with Crippen LogP contribution in [0.5, 0.6) is 0 Å². The van der Waals surface area contributed by atoms with E-state index in [1.807, 2.05) is 13.8 Å². The molecule has 5 nitrogen and oxygen atoms in total. The summed E-state index contributed by atoms with van der Waals surface area (Å²) in [5, 5.41) is 21.7. The molecule has 1 rings (SSSR count). The van der Waals surface area contributed by atoms with Crippen LogP contribution in [0.4, 0.5) is 11.5 Å². The summed E-state index contributed by atoms with van der Waals surface area (Å²) < 4.78 is 0. The number of pyridine rings is 1. The van der Waals surface area contributed by atoms with Crippen molar-refractivity contribution in [3.63, 3.8) is 0 Å². The van der Waals surface area contributed by atoms with Gasteiger partial charge in [-0.15, -0.1) is 0 Å². The van der Waals surface area contributed by atoms with Crippen molar-refractivity contribution in [2.75, 3.05) is 24.3 Å². The number of rotatable bonds is 5. The SMILES string of the molecule is CCC(CO)(CO)Nc1ncc(N)cc1C. The standard InChI is InChI=1S/C11H19N3O2/c1-3-11(6-15,7-16)14-10-8(2)4-9(12)5-13-10/h4-5,15-16H,3,6-7,12H2,1-2H3,(H,13,14). The molecule has 0 fully saturated rings. The predicted molar refractivity (Wildman–Crippen MR) is 64.2 cm³/mol. The normalized spacial score (nSPS) is 11.5. The fourth-order valence-electron chi connectivity index (χ4n) is 1.42. The second-order valence-corrected chi connectivity index (χ2v) is 4.01. The number of aliphatic hydroxyl groups excluding tert-OH is 2. The zero-order valence-electron chi connectivity index (χ0n) is 9.70. The molecule has 0 bridgehead atoms. The third kappa shape index (κ3) is 2.62. The molecule has 0 spiro atoms. The fraction of sp³-hybridized carbons (Fsp3) is 0.545. The quantitative estimate of drug-likeness (QED) is 0.586. The molecular weight excluding hydrogens is 206 g/mol. The lowest BCUT2D eigenvalue weighted by Gasteiger charge is -2.30. The minimum atomic E-state index is -0.728. The summed E-state index contributed by atoms with van der Waals surface area (Å²) in [6, 6.07) is 1.80. The molecule has 5 N–H and O–H groups in total. The van der Waals surface area contributed by atoms with Crippen LogP contribution in [-0.4, -0.2) is 33.9 Å². The summed E-state index contributed by atoms with van der Waals surface area (Å²) in [7, 11) is 0. The number of hydrogen-bond acceptors (Lipinski definition) is 5. The van der Waals surface area contributed by atoms with Crippen LogP contribution in [0.15, 0.2) is 12.3 Å². The smallest absolute Gasteiger partial charge is 0.129 e. The Morgan fingerprint density at radius 2 is 2.06 bits per heavy atom. The number of aliphatic hydroxyl groups is 2. The number of nitrogens with one attached hydrogen (secondary N) is 1. The zero-order valence-corrected chi connectivity index (χ0v) is 9.70. The highest BCUT2D eigenvalue weighted by Crippen LogP contribution is 2.20. The van der Waals surface area contributed by atoms with Crippen molar-refractivity contribution in [1.29, 1.82) is 0 Å². The molecule has 0 aliphatic heterocycles. The number of hydrogen-bond donors (Lipinski definition) is 4. The maximum absolute atomic E-state index is 9.31. The van der Waals surface area contributed by atoms with Crippen LogP contribution < -0.4 is 11.1 Å². The van der Waals surface area contributed by atoms with E-state index in [4.69, 9.17) is 5.73 Å². The monoisotopic (exact) mass is 225 g/mol. The topological polar surface area (TPSA) is 91.4 Å². The van der Waals surface area contributed by atoms with E-state index < -0.39 is 5.54 Å². The molecule has 0 aliphatic rings. The summed E-state index contributed by atoms with van der Waals surface area (Å²) >= 11 is 0. The van der Waals surface area contributed by atoms with Gasteiger partial charge in [0.25, 0.3) is 0 Å². The first-order valence-electron chi connectivity index (χ1n) is 5.29. The minimum absolute atomic E-state index is 0.147. The Balaban J connectivity index is 2.93. The highest BCUT2D eigenvalue weighted by molar-refractivity contribution is 5.52. The fourth-order valence-corrected chi connectivity index (χ4v) is 1.42. The molecule has 1 heterocycles. The molecule has 1 aromatic heterocycles. The van der Waals surface area contributed by atoms with Gasteiger partial charge in [-0.2, -0.15) is 0 Å². The molecular formula is C11H19N3O2. The molecule has 90 valence electrons. The van der Waals surface area contributed by atoms with Crippen LogP contribution in [-0.2, 0) is 0 Å². The predicted octanol–water partition coefficient (Wildman–Crippen LogP) is 0.518. The average Bonchev–Trinajstić information content (AvgIpc) is 2.29. The Labute approximate surface area is 95.3 Å². The van der Waals surface area contributed by atoms with Crippen LogP contribution in [0.2, 0.25) is 0 Å². The van der Waals surface area contributed by atoms with Gasteiger partial charge in [-0.3, -0.25) is 0 Å². The molecule has 0 amide bonds. The van der Waals surface area contributed by atoms with Gasteiger partial charge in [-0.25, -0.2) is 4.98 Å². The summed E-state index contributed by atoms with van der Waals surface area (Å²) in [5.74, 6) is 0.638. The maximum Gasteiger partial charge on any atom is 0.129 e. The van der Waals surface area contributed by atoms with Gasteiger partial charge in [0.15, 0.2) is 0 Å². The van der Waals surface area contributed by atoms with Crippen LogP contribution in [0, 0.1) is 6.92 Å². The Hall–Kier alpha value is -1.33. The molecule has 0 unspecified atom stereocenters. The van der Waals surface area contributed by atoms with Crippen molar-refractivity contribution in [3.8, 4) is 0 Å². The number of aromatic nitrogens is 1. The van der Waals surface area contributed by atoms with Crippen LogP contribution in [0.3, 0.4) is 0 Å². The minimum Gasteiger partial charge on any atom is -0.397 e. The molecule has 0 saturated heterocycles. The molecule has 5 heteroatoms. The Kier molecular flexibility index (Phi) is 4.09. The second kappa shape index (κ2) is 5.14. The molecule has 1 aromatic rings. The summed E-state index contributed by atoms with van der Waals surface area (Å²) in [6.45, 7) is 3.48. The largest absolute Gasteiger partial charge is 0.397 e. The van der Waals surface area contributed by atoms with Gasteiger partial charge in [0.05, 0.1) is 30.6 Å². The lowest BCUT2D eigenvalue weighted by Crippen LogP contribution is -2.45. The first-order valence-corrected chi connectivity index (χ1v) is 5.29. The third-order valence-corrected chi connectivity index (χ3v) is 2.77. The lowest BCUT2D eigenvalue weighted by molar-refractivity contribution is 0.132. The Morgan fingerprint density at radius 3 is 2.50 bits per heavy atom. The number of aryl methyl sites for hydroxylation is 1. The van der Waals surface area contributed by atoms with Gasteiger partial charge in [0.2, 0.25) is 0 Å². The summed E-state index contributed by atoms with van der Waals surface area (Å²) in [4.78, 5) is 4.15. The van der Waals surface area contributed by atoms with E-state index in [9.17, 15) is 10.2 Å². The van der Waals surface area contributed by atoms with Gasteiger partial charge in [0, 0.05) is 0 Å². The van der Waals surface area contributed by atoms with Gasteiger partial charge in [-0.1, -0.05) is 6.92 Å². The van der Waals surface area contributed by atoms with Crippen LogP contribution in [0.1, 0.15) is 18.9 Å². The highest BCUT2D eigenvalue weighted by atomic mass is 16.3. The molecule has 0 aromatic carbocycles. The van der Waals surface area contributed by atoms with Gasteiger partial charge in [0.1, 0.15) is 5.82 Å². The van der Waals surface area contributed by atoms with Gasteiger partial charge < -0.3 is 21.3 Å². The van der Waals surface area contributed by atoms with Crippen molar-refractivity contribution in [2.24, 2.45) is 0 Å². The molecule has 0 aliphatic carbocycles. The summed E-state index contributed by atoms with van der Waals surface area (Å²) in [5.41, 5.74) is 6.36. The molecule has 16 heavy (non-hydrogen) atoms. The lowest BCUT2D eigenvalue weighted by atomic mass is 9.98. The van der Waals surface area contributed by atoms with Crippen molar-refractivity contribution >= 4 is 11.5 Å². The maximum atomic E-state index is 9.31. The van der Waals surface area contributed by atoms with Crippen molar-refractivity contribution in [3.05, 3.63) is 17.8 Å².